The van der Waals surface area contributed by atoms with Gasteiger partial charge in [0.2, 0.25) is 0 Å². The van der Waals surface area contributed by atoms with Crippen LogP contribution in [0.4, 0.5) is 4.39 Å². The van der Waals surface area contributed by atoms with E-state index >= 15 is 0 Å². The SMILES string of the molecule is CCNCc1ccc(Oc2ccc(F)cc2Br)c(C#N)c1. The number of hydrogen-bond acceptors (Lipinski definition) is 3. The Bertz CT molecular complexity index is 682. The second-order valence-electron chi connectivity index (χ2n) is 4.40. The zero-order valence-electron chi connectivity index (χ0n) is 11.5. The van der Waals surface area contributed by atoms with Crippen LogP contribution in [0.3, 0.4) is 0 Å². The highest BCUT2D eigenvalue weighted by molar-refractivity contribution is 9.10. The molecule has 0 aromatic heterocycles. The highest BCUT2D eigenvalue weighted by Crippen LogP contribution is 2.32. The standard InChI is InChI=1S/C16H14BrFN2O/c1-2-20-10-11-3-5-15(12(7-11)9-19)21-16-6-4-13(18)8-14(16)17/h3-8,20H,2,10H2,1H3. The minimum Gasteiger partial charge on any atom is -0.455 e. The second kappa shape index (κ2) is 7.21. The Morgan fingerprint density at radius 2 is 2.00 bits per heavy atom. The molecule has 0 amide bonds. The average Bonchev–Trinajstić information content (AvgIpc) is 2.48. The quantitative estimate of drug-likeness (QED) is 0.872. The zero-order chi connectivity index (χ0) is 15.2. The van der Waals surface area contributed by atoms with E-state index in [0.29, 0.717) is 28.1 Å². The molecule has 0 aliphatic heterocycles. The smallest absolute Gasteiger partial charge is 0.145 e. The molecule has 0 aliphatic carbocycles. The Kier molecular flexibility index (Phi) is 5.32. The predicted octanol–water partition coefficient (Wildman–Crippen LogP) is 4.36. The molecule has 3 nitrogen and oxygen atoms in total. The lowest BCUT2D eigenvalue weighted by molar-refractivity contribution is 0.475. The van der Waals surface area contributed by atoms with Gasteiger partial charge in [-0.15, -0.1) is 0 Å². The lowest BCUT2D eigenvalue weighted by atomic mass is 10.1. The van der Waals surface area contributed by atoms with E-state index in [9.17, 15) is 9.65 Å². The third kappa shape index (κ3) is 4.03. The van der Waals surface area contributed by atoms with Crippen molar-refractivity contribution in [3.05, 3.63) is 57.8 Å². The van der Waals surface area contributed by atoms with Gasteiger partial charge in [0.1, 0.15) is 23.4 Å². The van der Waals surface area contributed by atoms with Crippen LogP contribution in [-0.2, 0) is 6.54 Å². The lowest BCUT2D eigenvalue weighted by Crippen LogP contribution is -2.11. The molecule has 1 N–H and O–H groups in total. The summed E-state index contributed by atoms with van der Waals surface area (Å²) in [5.41, 5.74) is 1.46. The van der Waals surface area contributed by atoms with Gasteiger partial charge < -0.3 is 10.1 Å². The van der Waals surface area contributed by atoms with E-state index in [1.54, 1.807) is 12.1 Å². The Morgan fingerprint density at radius 1 is 1.24 bits per heavy atom. The van der Waals surface area contributed by atoms with Gasteiger partial charge in [-0.1, -0.05) is 13.0 Å². The number of nitriles is 1. The highest BCUT2D eigenvalue weighted by atomic mass is 79.9. The fraction of sp³-hybridized carbons (Fsp3) is 0.188. The van der Waals surface area contributed by atoms with Crippen molar-refractivity contribution >= 4 is 15.9 Å². The maximum Gasteiger partial charge on any atom is 0.145 e. The second-order valence-corrected chi connectivity index (χ2v) is 5.25. The van der Waals surface area contributed by atoms with Gasteiger partial charge in [-0.3, -0.25) is 0 Å². The van der Waals surface area contributed by atoms with Crippen molar-refractivity contribution in [3.63, 3.8) is 0 Å². The van der Waals surface area contributed by atoms with Gasteiger partial charge in [0.15, 0.2) is 0 Å². The first-order chi connectivity index (χ1) is 10.1. The summed E-state index contributed by atoms with van der Waals surface area (Å²) in [7, 11) is 0. The molecule has 2 aromatic rings. The molecule has 0 aliphatic rings. The number of halogens is 2. The molecule has 0 atom stereocenters. The van der Waals surface area contributed by atoms with Crippen LogP contribution in [0.15, 0.2) is 40.9 Å². The van der Waals surface area contributed by atoms with E-state index in [-0.39, 0.29) is 5.82 Å². The zero-order valence-corrected chi connectivity index (χ0v) is 13.1. The summed E-state index contributed by atoms with van der Waals surface area (Å²) < 4.78 is 19.3. The Balaban J connectivity index is 2.25. The number of nitrogens with zero attached hydrogens (tertiary/aromatic N) is 1. The Morgan fingerprint density at radius 3 is 2.67 bits per heavy atom. The van der Waals surface area contributed by atoms with Crippen LogP contribution < -0.4 is 10.1 Å². The molecular weight excluding hydrogens is 335 g/mol. The Hall–Kier alpha value is -1.90. The van der Waals surface area contributed by atoms with E-state index in [4.69, 9.17) is 4.74 Å². The van der Waals surface area contributed by atoms with Crippen molar-refractivity contribution in [2.24, 2.45) is 0 Å². The van der Waals surface area contributed by atoms with Crippen LogP contribution in [0.25, 0.3) is 0 Å². The molecule has 0 bridgehead atoms. The molecular formula is C16H14BrFN2O. The largest absolute Gasteiger partial charge is 0.455 e. The number of ether oxygens (including phenoxy) is 1. The summed E-state index contributed by atoms with van der Waals surface area (Å²) in [6.07, 6.45) is 0. The van der Waals surface area contributed by atoms with Crippen LogP contribution in [0, 0.1) is 17.1 Å². The van der Waals surface area contributed by atoms with Crippen LogP contribution in [0.1, 0.15) is 18.1 Å². The fourth-order valence-corrected chi connectivity index (χ4v) is 2.24. The Labute approximate surface area is 131 Å². The van der Waals surface area contributed by atoms with Gasteiger partial charge >= 0.3 is 0 Å². The molecule has 0 fully saturated rings. The van der Waals surface area contributed by atoms with Crippen molar-refractivity contribution in [2.45, 2.75) is 13.5 Å². The third-order valence-electron chi connectivity index (χ3n) is 2.86. The van der Waals surface area contributed by atoms with Gasteiger partial charge in [0, 0.05) is 6.54 Å². The normalized spacial score (nSPS) is 10.2. The van der Waals surface area contributed by atoms with E-state index in [2.05, 4.69) is 27.3 Å². The first-order valence-electron chi connectivity index (χ1n) is 6.50. The summed E-state index contributed by atoms with van der Waals surface area (Å²) in [6.45, 7) is 3.59. The maximum absolute atomic E-state index is 13.1. The van der Waals surface area contributed by atoms with Gasteiger partial charge in [0.25, 0.3) is 0 Å². The number of benzene rings is 2. The van der Waals surface area contributed by atoms with Crippen molar-refractivity contribution < 1.29 is 9.13 Å². The van der Waals surface area contributed by atoms with Crippen molar-refractivity contribution in [3.8, 4) is 17.6 Å². The number of nitrogens with one attached hydrogen (secondary N) is 1. The monoisotopic (exact) mass is 348 g/mol. The van der Waals surface area contributed by atoms with Crippen molar-refractivity contribution in [1.82, 2.24) is 5.32 Å². The lowest BCUT2D eigenvalue weighted by Gasteiger charge is -2.10. The number of rotatable bonds is 5. The molecule has 2 aromatic carbocycles. The summed E-state index contributed by atoms with van der Waals surface area (Å²) in [5.74, 6) is 0.563. The maximum atomic E-state index is 13.1. The number of hydrogen-bond donors (Lipinski definition) is 1. The molecule has 0 saturated carbocycles. The molecule has 21 heavy (non-hydrogen) atoms. The summed E-state index contributed by atoms with van der Waals surface area (Å²) in [6, 6.07) is 11.7. The van der Waals surface area contributed by atoms with Gasteiger partial charge in [-0.2, -0.15) is 5.26 Å². The molecule has 0 spiro atoms. The van der Waals surface area contributed by atoms with Crippen LogP contribution >= 0.6 is 15.9 Å². The summed E-state index contributed by atoms with van der Waals surface area (Å²) >= 11 is 3.24. The molecule has 0 radical (unpaired) electrons. The van der Waals surface area contributed by atoms with Crippen molar-refractivity contribution in [1.29, 1.82) is 5.26 Å². The van der Waals surface area contributed by atoms with Crippen molar-refractivity contribution in [2.75, 3.05) is 6.54 Å². The van der Waals surface area contributed by atoms with Gasteiger partial charge in [-0.05, 0) is 58.4 Å². The molecule has 2 rings (SSSR count). The van der Waals surface area contributed by atoms with E-state index in [1.807, 2.05) is 13.0 Å². The predicted molar refractivity (Wildman–Crippen MR) is 82.7 cm³/mol. The minimum atomic E-state index is -0.351. The first kappa shape index (κ1) is 15.5. The van der Waals surface area contributed by atoms with Crippen LogP contribution in [-0.4, -0.2) is 6.54 Å². The summed E-state index contributed by atoms with van der Waals surface area (Å²) in [5, 5.41) is 12.4. The van der Waals surface area contributed by atoms with Gasteiger partial charge in [0.05, 0.1) is 10.0 Å². The fourth-order valence-electron chi connectivity index (χ4n) is 1.81. The average molecular weight is 349 g/mol. The third-order valence-corrected chi connectivity index (χ3v) is 3.48. The molecule has 0 unspecified atom stereocenters. The van der Waals surface area contributed by atoms with E-state index in [0.717, 1.165) is 12.1 Å². The summed E-state index contributed by atoms with van der Waals surface area (Å²) in [4.78, 5) is 0. The van der Waals surface area contributed by atoms with Crippen LogP contribution in [0.5, 0.6) is 11.5 Å². The van der Waals surface area contributed by atoms with Gasteiger partial charge in [-0.25, -0.2) is 4.39 Å². The van der Waals surface area contributed by atoms with E-state index < -0.39 is 0 Å². The molecule has 0 heterocycles. The molecule has 0 saturated heterocycles. The van der Waals surface area contributed by atoms with Crippen LogP contribution in [0.2, 0.25) is 0 Å². The molecule has 108 valence electrons. The molecule has 5 heteroatoms. The highest BCUT2D eigenvalue weighted by Gasteiger charge is 2.09. The van der Waals surface area contributed by atoms with E-state index in [1.165, 1.54) is 18.2 Å². The first-order valence-corrected chi connectivity index (χ1v) is 7.30. The minimum absolute atomic E-state index is 0.351. The topological polar surface area (TPSA) is 45.0 Å².